The van der Waals surface area contributed by atoms with E-state index in [0.717, 1.165) is 5.56 Å². The van der Waals surface area contributed by atoms with Gasteiger partial charge in [-0.3, -0.25) is 0 Å². The molecule has 0 aliphatic rings. The van der Waals surface area contributed by atoms with Crippen LogP contribution in [0.3, 0.4) is 0 Å². The van der Waals surface area contributed by atoms with E-state index in [2.05, 4.69) is 9.72 Å². The molecule has 0 saturated heterocycles. The van der Waals surface area contributed by atoms with Crippen LogP contribution in [0.25, 0.3) is 0 Å². The lowest BCUT2D eigenvalue weighted by atomic mass is 10.2. The topological polar surface area (TPSA) is 85.8 Å². The minimum atomic E-state index is -3.69. The van der Waals surface area contributed by atoms with Crippen LogP contribution in [0.15, 0.2) is 34.5 Å². The summed E-state index contributed by atoms with van der Waals surface area (Å²) in [7, 11) is -2.41. The molecule has 0 N–H and O–H groups in total. The van der Waals surface area contributed by atoms with Crippen molar-refractivity contribution < 1.29 is 22.7 Å². The largest absolute Gasteiger partial charge is 0.464 e. The van der Waals surface area contributed by atoms with Gasteiger partial charge in [0.25, 0.3) is 0 Å². The van der Waals surface area contributed by atoms with Crippen molar-refractivity contribution in [1.29, 1.82) is 0 Å². The van der Waals surface area contributed by atoms with Crippen LogP contribution in [0.4, 0.5) is 0 Å². The van der Waals surface area contributed by atoms with Gasteiger partial charge in [-0.2, -0.15) is 4.31 Å². The summed E-state index contributed by atoms with van der Waals surface area (Å²) in [5, 5.41) is 2.10. The Kier molecular flexibility index (Phi) is 7.91. The molecule has 1 heterocycles. The van der Waals surface area contributed by atoms with Gasteiger partial charge in [-0.1, -0.05) is 17.7 Å². The first-order chi connectivity index (χ1) is 12.9. The summed E-state index contributed by atoms with van der Waals surface area (Å²) >= 11 is 1.23. The molecule has 0 aliphatic carbocycles. The molecule has 9 heteroatoms. The number of methoxy groups -OCH3 is 1. The van der Waals surface area contributed by atoms with Gasteiger partial charge in [-0.05, 0) is 32.4 Å². The van der Waals surface area contributed by atoms with Crippen LogP contribution in [-0.2, 0) is 26.0 Å². The van der Waals surface area contributed by atoms with Crippen molar-refractivity contribution in [3.63, 3.8) is 0 Å². The molecule has 0 saturated carbocycles. The molecule has 0 atom stereocenters. The highest BCUT2D eigenvalue weighted by molar-refractivity contribution is 7.89. The molecule has 0 bridgehead atoms. The van der Waals surface area contributed by atoms with Gasteiger partial charge in [0.2, 0.25) is 10.0 Å². The molecule has 0 unspecified atom stereocenters. The van der Waals surface area contributed by atoms with Gasteiger partial charge in [-0.15, -0.1) is 11.3 Å². The summed E-state index contributed by atoms with van der Waals surface area (Å²) in [6, 6.07) is 6.73. The standard InChI is InChI=1S/C18H24N2O5S2/c1-4-25-11-5-10-20(12-17-19-16(13-26-17)18(21)24-3)27(22,23)15-8-6-14(2)7-9-15/h6-9,13H,4-5,10-12H2,1-3H3. The molecule has 7 nitrogen and oxygen atoms in total. The lowest BCUT2D eigenvalue weighted by Crippen LogP contribution is -2.32. The maximum absolute atomic E-state index is 13.1. The quantitative estimate of drug-likeness (QED) is 0.441. The second kappa shape index (κ2) is 9.93. The lowest BCUT2D eigenvalue weighted by Gasteiger charge is -2.21. The summed E-state index contributed by atoms with van der Waals surface area (Å²) in [5.74, 6) is -0.540. The van der Waals surface area contributed by atoms with Crippen molar-refractivity contribution in [1.82, 2.24) is 9.29 Å². The highest BCUT2D eigenvalue weighted by Crippen LogP contribution is 2.21. The van der Waals surface area contributed by atoms with Crippen LogP contribution in [-0.4, -0.2) is 50.5 Å². The van der Waals surface area contributed by atoms with E-state index in [9.17, 15) is 13.2 Å². The first-order valence-corrected chi connectivity index (χ1v) is 10.9. The second-order valence-corrected chi connectivity index (χ2v) is 8.70. The fraction of sp³-hybridized carbons (Fsp3) is 0.444. The Balaban J connectivity index is 2.23. The Bertz CT molecular complexity index is 847. The number of rotatable bonds is 10. The van der Waals surface area contributed by atoms with Gasteiger partial charge in [0.05, 0.1) is 18.6 Å². The first kappa shape index (κ1) is 21.5. The van der Waals surface area contributed by atoms with Crippen LogP contribution in [0.1, 0.15) is 34.4 Å². The maximum atomic E-state index is 13.1. The number of aryl methyl sites for hydroxylation is 1. The molecule has 0 amide bonds. The summed E-state index contributed by atoms with van der Waals surface area (Å²) in [4.78, 5) is 16.0. The van der Waals surface area contributed by atoms with Gasteiger partial charge >= 0.3 is 5.97 Å². The molecule has 0 radical (unpaired) electrons. The molecular weight excluding hydrogens is 388 g/mol. The third-order valence-corrected chi connectivity index (χ3v) is 6.51. The number of nitrogens with zero attached hydrogens (tertiary/aromatic N) is 2. The summed E-state index contributed by atoms with van der Waals surface area (Å²) < 4.78 is 37.5. The van der Waals surface area contributed by atoms with E-state index in [0.29, 0.717) is 31.2 Å². The van der Waals surface area contributed by atoms with Gasteiger partial charge < -0.3 is 9.47 Å². The smallest absolute Gasteiger partial charge is 0.357 e. The molecule has 0 aliphatic heterocycles. The van der Waals surface area contributed by atoms with E-state index >= 15 is 0 Å². The Morgan fingerprint density at radius 1 is 1.26 bits per heavy atom. The highest BCUT2D eigenvalue weighted by atomic mass is 32.2. The van der Waals surface area contributed by atoms with E-state index in [1.165, 1.54) is 22.8 Å². The van der Waals surface area contributed by atoms with E-state index < -0.39 is 16.0 Å². The van der Waals surface area contributed by atoms with Crippen LogP contribution < -0.4 is 0 Å². The van der Waals surface area contributed by atoms with Crippen molar-refractivity contribution in [2.45, 2.75) is 31.7 Å². The summed E-state index contributed by atoms with van der Waals surface area (Å²) in [5.41, 5.74) is 1.17. The average molecular weight is 413 g/mol. The molecule has 1 aromatic heterocycles. The van der Waals surface area contributed by atoms with Crippen molar-refractivity contribution in [2.75, 3.05) is 26.9 Å². The number of esters is 1. The van der Waals surface area contributed by atoms with Crippen molar-refractivity contribution in [3.05, 3.63) is 45.9 Å². The predicted octanol–water partition coefficient (Wildman–Crippen LogP) is 2.86. The van der Waals surface area contributed by atoms with Crippen LogP contribution >= 0.6 is 11.3 Å². The molecule has 0 spiro atoms. The fourth-order valence-electron chi connectivity index (χ4n) is 2.36. The number of carbonyl (C=O) groups is 1. The normalized spacial score (nSPS) is 11.7. The number of carbonyl (C=O) groups excluding carboxylic acids is 1. The Hall–Kier alpha value is -1.81. The lowest BCUT2D eigenvalue weighted by molar-refractivity contribution is 0.0594. The third kappa shape index (κ3) is 5.83. The van der Waals surface area contributed by atoms with Gasteiger partial charge in [0.15, 0.2) is 5.69 Å². The number of benzene rings is 1. The zero-order valence-electron chi connectivity index (χ0n) is 15.7. The third-order valence-electron chi connectivity index (χ3n) is 3.82. The van der Waals surface area contributed by atoms with Crippen molar-refractivity contribution in [2.24, 2.45) is 0 Å². The number of thiazole rings is 1. The Morgan fingerprint density at radius 3 is 2.59 bits per heavy atom. The minimum absolute atomic E-state index is 0.0873. The average Bonchev–Trinajstić information content (AvgIpc) is 3.12. The van der Waals surface area contributed by atoms with Gasteiger partial charge in [-0.25, -0.2) is 18.2 Å². The minimum Gasteiger partial charge on any atom is -0.464 e. The second-order valence-electron chi connectivity index (χ2n) is 5.82. The first-order valence-electron chi connectivity index (χ1n) is 8.55. The van der Waals surface area contributed by atoms with E-state index in [-0.39, 0.29) is 17.1 Å². The van der Waals surface area contributed by atoms with E-state index in [1.807, 2.05) is 13.8 Å². The van der Waals surface area contributed by atoms with E-state index in [1.54, 1.807) is 29.6 Å². The summed E-state index contributed by atoms with van der Waals surface area (Å²) in [6.45, 7) is 5.24. The van der Waals surface area contributed by atoms with Gasteiger partial charge in [0, 0.05) is 25.1 Å². The fourth-order valence-corrected chi connectivity index (χ4v) is 4.66. The molecule has 2 rings (SSSR count). The Morgan fingerprint density at radius 2 is 1.96 bits per heavy atom. The maximum Gasteiger partial charge on any atom is 0.357 e. The number of ether oxygens (including phenoxy) is 2. The number of hydrogen-bond donors (Lipinski definition) is 0. The number of hydrogen-bond acceptors (Lipinski definition) is 7. The SMILES string of the molecule is CCOCCCN(Cc1nc(C(=O)OC)cs1)S(=O)(=O)c1ccc(C)cc1. The molecule has 1 aromatic carbocycles. The molecule has 148 valence electrons. The van der Waals surface area contributed by atoms with Crippen molar-refractivity contribution >= 4 is 27.3 Å². The zero-order chi connectivity index (χ0) is 19.9. The predicted molar refractivity (Wildman–Crippen MR) is 103 cm³/mol. The molecular formula is C18H24N2O5S2. The molecule has 0 fully saturated rings. The van der Waals surface area contributed by atoms with Crippen LogP contribution in [0.2, 0.25) is 0 Å². The number of aromatic nitrogens is 1. The Labute approximate surface area is 164 Å². The van der Waals surface area contributed by atoms with Crippen LogP contribution in [0.5, 0.6) is 0 Å². The molecule has 2 aromatic rings. The summed E-state index contributed by atoms with van der Waals surface area (Å²) in [6.07, 6.45) is 0.564. The molecule has 27 heavy (non-hydrogen) atoms. The monoisotopic (exact) mass is 412 g/mol. The zero-order valence-corrected chi connectivity index (χ0v) is 17.3. The van der Waals surface area contributed by atoms with Crippen LogP contribution in [0, 0.1) is 6.92 Å². The highest BCUT2D eigenvalue weighted by Gasteiger charge is 2.26. The van der Waals surface area contributed by atoms with E-state index in [4.69, 9.17) is 4.74 Å². The van der Waals surface area contributed by atoms with Gasteiger partial charge in [0.1, 0.15) is 5.01 Å². The van der Waals surface area contributed by atoms with Crippen molar-refractivity contribution in [3.8, 4) is 0 Å². The number of sulfonamides is 1.